The van der Waals surface area contributed by atoms with Gasteiger partial charge >= 0.3 is 0 Å². The predicted molar refractivity (Wildman–Crippen MR) is 70.5 cm³/mol. The fraction of sp³-hybridized carbons (Fsp3) is 0.500. The maximum Gasteiger partial charge on any atom is 0.264 e. The Morgan fingerprint density at radius 3 is 2.47 bits per heavy atom. The molecule has 17 heavy (non-hydrogen) atoms. The number of hydrogen-bond acceptors (Lipinski definition) is 2. The Balaban J connectivity index is 1.78. The topological polar surface area (TPSA) is 54.4 Å². The maximum atomic E-state index is 10.6. The first-order valence-corrected chi connectivity index (χ1v) is 8.04. The molecule has 5 heteroatoms. The van der Waals surface area contributed by atoms with Crippen molar-refractivity contribution in [3.8, 4) is 0 Å². The minimum Gasteiger partial charge on any atom is -0.286 e. The molecule has 1 N–H and O–H groups in total. The van der Waals surface area contributed by atoms with Gasteiger partial charge in [-0.15, -0.1) is 0 Å². The van der Waals surface area contributed by atoms with Crippen LogP contribution < -0.4 is 0 Å². The van der Waals surface area contributed by atoms with Gasteiger partial charge in [0, 0.05) is 4.47 Å². The van der Waals surface area contributed by atoms with Crippen LogP contribution >= 0.6 is 15.9 Å². The van der Waals surface area contributed by atoms with Crippen LogP contribution in [-0.4, -0.2) is 18.7 Å². The van der Waals surface area contributed by atoms with Gasteiger partial charge in [0.2, 0.25) is 0 Å². The summed E-state index contributed by atoms with van der Waals surface area (Å²) in [6.45, 7) is 0. The molecule has 0 spiro atoms. The van der Waals surface area contributed by atoms with Gasteiger partial charge in [-0.25, -0.2) is 0 Å². The molecule has 0 radical (unpaired) electrons. The summed E-state index contributed by atoms with van der Waals surface area (Å²) in [6, 6.07) is 8.21. The predicted octanol–water partition coefficient (Wildman–Crippen LogP) is 2.91. The minimum absolute atomic E-state index is 0.103. The molecule has 0 saturated heterocycles. The summed E-state index contributed by atoms with van der Waals surface area (Å²) in [5.74, 6) is 0.938. The molecule has 0 aromatic heterocycles. The second-order valence-electron chi connectivity index (χ2n) is 4.66. The summed E-state index contributed by atoms with van der Waals surface area (Å²) in [4.78, 5) is 0. The van der Waals surface area contributed by atoms with E-state index in [-0.39, 0.29) is 5.75 Å². The highest BCUT2D eigenvalue weighted by atomic mass is 79.9. The smallest absolute Gasteiger partial charge is 0.264 e. The van der Waals surface area contributed by atoms with Gasteiger partial charge in [-0.1, -0.05) is 28.1 Å². The van der Waals surface area contributed by atoms with E-state index in [9.17, 15) is 8.42 Å². The van der Waals surface area contributed by atoms with Crippen molar-refractivity contribution in [3.63, 3.8) is 0 Å². The van der Waals surface area contributed by atoms with Gasteiger partial charge in [0.25, 0.3) is 10.1 Å². The SMILES string of the molecule is O=S(=O)(O)CC[C@@H]1C[C@H]1Cc1ccc(Br)cc1. The van der Waals surface area contributed by atoms with Gasteiger partial charge in [0.1, 0.15) is 0 Å². The second-order valence-corrected chi connectivity index (χ2v) is 7.15. The van der Waals surface area contributed by atoms with Gasteiger partial charge in [-0.2, -0.15) is 8.42 Å². The summed E-state index contributed by atoms with van der Waals surface area (Å²) in [5.41, 5.74) is 1.28. The largest absolute Gasteiger partial charge is 0.286 e. The zero-order valence-electron chi connectivity index (χ0n) is 9.34. The lowest BCUT2D eigenvalue weighted by Gasteiger charge is -2.01. The van der Waals surface area contributed by atoms with E-state index in [0.29, 0.717) is 18.3 Å². The summed E-state index contributed by atoms with van der Waals surface area (Å²) in [6.07, 6.45) is 2.66. The van der Waals surface area contributed by atoms with Crippen molar-refractivity contribution < 1.29 is 13.0 Å². The zero-order valence-corrected chi connectivity index (χ0v) is 11.7. The van der Waals surface area contributed by atoms with Crippen LogP contribution in [0.5, 0.6) is 0 Å². The molecule has 0 bridgehead atoms. The molecule has 0 unspecified atom stereocenters. The molecule has 94 valence electrons. The van der Waals surface area contributed by atoms with Gasteiger partial charge in [-0.3, -0.25) is 4.55 Å². The van der Waals surface area contributed by atoms with E-state index < -0.39 is 10.1 Å². The quantitative estimate of drug-likeness (QED) is 0.849. The van der Waals surface area contributed by atoms with Crippen LogP contribution in [0.25, 0.3) is 0 Å². The third-order valence-corrected chi connectivity index (χ3v) is 4.51. The van der Waals surface area contributed by atoms with Crippen LogP contribution in [0.2, 0.25) is 0 Å². The van der Waals surface area contributed by atoms with Crippen molar-refractivity contribution in [1.29, 1.82) is 0 Å². The van der Waals surface area contributed by atoms with E-state index in [1.165, 1.54) is 5.56 Å². The summed E-state index contributed by atoms with van der Waals surface area (Å²) >= 11 is 3.39. The zero-order chi connectivity index (χ0) is 12.5. The van der Waals surface area contributed by atoms with E-state index in [4.69, 9.17) is 4.55 Å². The highest BCUT2D eigenvalue weighted by molar-refractivity contribution is 9.10. The number of hydrogen-bond donors (Lipinski definition) is 1. The summed E-state index contributed by atoms with van der Waals surface area (Å²) in [7, 11) is -3.79. The average Bonchev–Trinajstić information content (AvgIpc) is 2.96. The van der Waals surface area contributed by atoms with Crippen molar-refractivity contribution in [3.05, 3.63) is 34.3 Å². The Kier molecular flexibility index (Phi) is 3.90. The van der Waals surface area contributed by atoms with E-state index in [1.54, 1.807) is 0 Å². The standard InChI is InChI=1S/C12H15BrO3S/c13-12-3-1-9(2-4-12)7-11-8-10(11)5-6-17(14,15)16/h1-4,10-11H,5-8H2,(H,14,15,16)/t10-,11-/m1/s1. The monoisotopic (exact) mass is 318 g/mol. The summed E-state index contributed by atoms with van der Waals surface area (Å²) < 4.78 is 31.0. The van der Waals surface area contributed by atoms with Crippen LogP contribution in [-0.2, 0) is 16.5 Å². The molecule has 1 aromatic carbocycles. The van der Waals surface area contributed by atoms with Crippen LogP contribution in [0.4, 0.5) is 0 Å². The second kappa shape index (κ2) is 5.08. The van der Waals surface area contributed by atoms with Crippen molar-refractivity contribution in [2.75, 3.05) is 5.75 Å². The molecular formula is C12H15BrO3S. The first kappa shape index (κ1) is 13.1. The fourth-order valence-electron chi connectivity index (χ4n) is 2.14. The Hall–Kier alpha value is -0.390. The molecule has 0 heterocycles. The van der Waals surface area contributed by atoms with E-state index in [1.807, 2.05) is 12.1 Å². The molecule has 2 atom stereocenters. The third kappa shape index (κ3) is 4.41. The third-order valence-electron chi connectivity index (χ3n) is 3.23. The summed E-state index contributed by atoms with van der Waals surface area (Å²) in [5, 5.41) is 0. The Morgan fingerprint density at radius 2 is 1.88 bits per heavy atom. The lowest BCUT2D eigenvalue weighted by atomic mass is 10.1. The van der Waals surface area contributed by atoms with E-state index >= 15 is 0 Å². The Bertz CT molecular complexity index is 481. The molecule has 1 aliphatic carbocycles. The first-order valence-electron chi connectivity index (χ1n) is 5.63. The van der Waals surface area contributed by atoms with Crippen LogP contribution in [0.1, 0.15) is 18.4 Å². The van der Waals surface area contributed by atoms with E-state index in [2.05, 4.69) is 28.1 Å². The average molecular weight is 319 g/mol. The van der Waals surface area contributed by atoms with Gasteiger partial charge < -0.3 is 0 Å². The normalized spacial score (nSPS) is 23.6. The Morgan fingerprint density at radius 1 is 1.24 bits per heavy atom. The molecule has 1 fully saturated rings. The number of benzene rings is 1. The molecule has 1 aliphatic rings. The van der Waals surface area contributed by atoms with Crippen LogP contribution in [0, 0.1) is 11.8 Å². The molecular weight excluding hydrogens is 304 g/mol. The molecule has 1 saturated carbocycles. The Labute approximate surface area is 110 Å². The fourth-order valence-corrected chi connectivity index (χ4v) is 3.00. The minimum atomic E-state index is -3.79. The molecule has 2 rings (SSSR count). The maximum absolute atomic E-state index is 10.6. The van der Waals surface area contributed by atoms with Crippen molar-refractivity contribution in [2.24, 2.45) is 11.8 Å². The highest BCUT2D eigenvalue weighted by Crippen LogP contribution is 2.43. The van der Waals surface area contributed by atoms with Crippen molar-refractivity contribution in [1.82, 2.24) is 0 Å². The molecule has 0 aliphatic heterocycles. The van der Waals surface area contributed by atoms with E-state index in [0.717, 1.165) is 17.3 Å². The van der Waals surface area contributed by atoms with Gasteiger partial charge in [0.15, 0.2) is 0 Å². The number of halogens is 1. The lowest BCUT2D eigenvalue weighted by molar-refractivity contribution is 0.478. The highest BCUT2D eigenvalue weighted by Gasteiger charge is 2.36. The molecule has 1 aromatic rings. The molecule has 0 amide bonds. The van der Waals surface area contributed by atoms with Crippen molar-refractivity contribution in [2.45, 2.75) is 19.3 Å². The van der Waals surface area contributed by atoms with Crippen LogP contribution in [0.15, 0.2) is 28.7 Å². The number of rotatable bonds is 5. The van der Waals surface area contributed by atoms with Gasteiger partial charge in [0.05, 0.1) is 5.75 Å². The molecule has 3 nitrogen and oxygen atoms in total. The van der Waals surface area contributed by atoms with Gasteiger partial charge in [-0.05, 0) is 48.8 Å². The lowest BCUT2D eigenvalue weighted by Crippen LogP contribution is -2.05. The first-order chi connectivity index (χ1) is 7.94. The van der Waals surface area contributed by atoms with Crippen LogP contribution in [0.3, 0.4) is 0 Å². The van der Waals surface area contributed by atoms with Crippen molar-refractivity contribution >= 4 is 26.0 Å².